The van der Waals surface area contributed by atoms with Crippen LogP contribution >= 0.6 is 0 Å². The van der Waals surface area contributed by atoms with Gasteiger partial charge >= 0.3 is 6.18 Å². The van der Waals surface area contributed by atoms with E-state index in [0.29, 0.717) is 17.5 Å². The normalized spacial score (nSPS) is 25.2. The second-order valence-corrected chi connectivity index (χ2v) is 5.68. The van der Waals surface area contributed by atoms with Crippen molar-refractivity contribution in [3.05, 3.63) is 29.3 Å². The summed E-state index contributed by atoms with van der Waals surface area (Å²) in [6.45, 7) is 3.30. The van der Waals surface area contributed by atoms with Crippen LogP contribution in [-0.4, -0.2) is 32.1 Å². The highest BCUT2D eigenvalue weighted by molar-refractivity contribution is 5.99. The van der Waals surface area contributed by atoms with Crippen LogP contribution in [0.3, 0.4) is 0 Å². The molecule has 2 aliphatic heterocycles. The summed E-state index contributed by atoms with van der Waals surface area (Å²) in [6.07, 6.45) is -4.48. The van der Waals surface area contributed by atoms with Gasteiger partial charge in [-0.05, 0) is 30.0 Å². The van der Waals surface area contributed by atoms with Crippen molar-refractivity contribution in [3.63, 3.8) is 0 Å². The predicted octanol–water partition coefficient (Wildman–Crippen LogP) is 1.46. The number of primary amides is 1. The molecule has 2 heterocycles. The van der Waals surface area contributed by atoms with Gasteiger partial charge in [0.25, 0.3) is 5.91 Å². The fourth-order valence-electron chi connectivity index (χ4n) is 3.24. The molecular weight excluding hydrogens is 283 g/mol. The molecule has 2 saturated heterocycles. The molecule has 2 fully saturated rings. The first-order chi connectivity index (χ1) is 9.86. The van der Waals surface area contributed by atoms with Crippen LogP contribution in [0.25, 0.3) is 0 Å². The summed E-state index contributed by atoms with van der Waals surface area (Å²) in [7, 11) is 0. The Bertz CT molecular complexity index is 561. The van der Waals surface area contributed by atoms with E-state index in [1.54, 1.807) is 0 Å². The van der Waals surface area contributed by atoms with Crippen LogP contribution in [0.5, 0.6) is 0 Å². The standard InChI is InChI=1S/C14H16F3N3O/c15-14(16,17)10-1-2-12(11(3-10)13(18)21)20-6-8-4-19-5-9(8)7-20/h1-3,8-9,19H,4-7H2,(H2,18,21). The van der Waals surface area contributed by atoms with Gasteiger partial charge < -0.3 is 16.0 Å². The van der Waals surface area contributed by atoms with E-state index < -0.39 is 17.6 Å². The second kappa shape index (κ2) is 4.91. The van der Waals surface area contributed by atoms with E-state index in [9.17, 15) is 18.0 Å². The Morgan fingerprint density at radius 3 is 2.38 bits per heavy atom. The Morgan fingerprint density at radius 2 is 1.86 bits per heavy atom. The molecule has 0 spiro atoms. The Balaban J connectivity index is 1.93. The molecule has 0 bridgehead atoms. The maximum Gasteiger partial charge on any atom is 0.416 e. The minimum atomic E-state index is -4.48. The van der Waals surface area contributed by atoms with E-state index in [4.69, 9.17) is 5.73 Å². The van der Waals surface area contributed by atoms with Crippen molar-refractivity contribution in [2.75, 3.05) is 31.1 Å². The number of alkyl halides is 3. The highest BCUT2D eigenvalue weighted by Gasteiger charge is 2.38. The van der Waals surface area contributed by atoms with Gasteiger partial charge in [0.15, 0.2) is 0 Å². The first-order valence-corrected chi connectivity index (χ1v) is 6.83. The quantitative estimate of drug-likeness (QED) is 0.869. The zero-order valence-electron chi connectivity index (χ0n) is 11.3. The number of carbonyl (C=O) groups is 1. The van der Waals surface area contributed by atoms with Crippen LogP contribution in [-0.2, 0) is 6.18 Å². The number of amides is 1. The van der Waals surface area contributed by atoms with Gasteiger partial charge in [-0.3, -0.25) is 4.79 Å². The van der Waals surface area contributed by atoms with Crippen LogP contribution in [0, 0.1) is 11.8 Å². The van der Waals surface area contributed by atoms with Crippen LogP contribution in [0.1, 0.15) is 15.9 Å². The molecule has 21 heavy (non-hydrogen) atoms. The molecule has 2 unspecified atom stereocenters. The largest absolute Gasteiger partial charge is 0.416 e. The third-order valence-corrected chi connectivity index (χ3v) is 4.32. The van der Waals surface area contributed by atoms with Crippen molar-refractivity contribution in [1.29, 1.82) is 0 Å². The molecule has 0 aliphatic carbocycles. The summed E-state index contributed by atoms with van der Waals surface area (Å²) in [4.78, 5) is 13.5. The molecule has 0 aromatic heterocycles. The third kappa shape index (κ3) is 2.57. The lowest BCUT2D eigenvalue weighted by molar-refractivity contribution is -0.137. The van der Waals surface area contributed by atoms with E-state index in [1.807, 2.05) is 4.90 Å². The zero-order valence-corrected chi connectivity index (χ0v) is 11.3. The fraction of sp³-hybridized carbons (Fsp3) is 0.500. The monoisotopic (exact) mass is 299 g/mol. The van der Waals surface area contributed by atoms with Gasteiger partial charge in [0.1, 0.15) is 0 Å². The average molecular weight is 299 g/mol. The molecule has 2 aliphatic rings. The molecule has 4 nitrogen and oxygen atoms in total. The highest BCUT2D eigenvalue weighted by atomic mass is 19.4. The molecule has 7 heteroatoms. The number of hydrogen-bond donors (Lipinski definition) is 2. The van der Waals surface area contributed by atoms with Crippen molar-refractivity contribution in [3.8, 4) is 0 Å². The topological polar surface area (TPSA) is 58.4 Å². The first-order valence-electron chi connectivity index (χ1n) is 6.83. The Labute approximate surface area is 120 Å². The number of nitrogens with zero attached hydrogens (tertiary/aromatic N) is 1. The van der Waals surface area contributed by atoms with Gasteiger partial charge in [0, 0.05) is 31.9 Å². The van der Waals surface area contributed by atoms with Crippen LogP contribution in [0.4, 0.5) is 18.9 Å². The van der Waals surface area contributed by atoms with Gasteiger partial charge in [0.05, 0.1) is 11.1 Å². The summed E-state index contributed by atoms with van der Waals surface area (Å²) in [5, 5.41) is 3.30. The summed E-state index contributed by atoms with van der Waals surface area (Å²) in [6, 6.07) is 3.22. The van der Waals surface area contributed by atoms with E-state index in [1.165, 1.54) is 6.07 Å². The summed E-state index contributed by atoms with van der Waals surface area (Å²) in [5.74, 6) is 0.132. The predicted molar refractivity (Wildman–Crippen MR) is 72.0 cm³/mol. The van der Waals surface area contributed by atoms with Gasteiger partial charge in [-0.1, -0.05) is 0 Å². The van der Waals surface area contributed by atoms with E-state index in [2.05, 4.69) is 5.32 Å². The number of carbonyl (C=O) groups excluding carboxylic acids is 1. The molecule has 0 radical (unpaired) electrons. The first kappa shape index (κ1) is 14.2. The van der Waals surface area contributed by atoms with Crippen molar-refractivity contribution in [2.24, 2.45) is 17.6 Å². The lowest BCUT2D eigenvalue weighted by Crippen LogP contribution is -2.28. The number of nitrogens with one attached hydrogen (secondary N) is 1. The molecule has 114 valence electrons. The van der Waals surface area contributed by atoms with Gasteiger partial charge in [0.2, 0.25) is 0 Å². The van der Waals surface area contributed by atoms with Gasteiger partial charge in [-0.15, -0.1) is 0 Å². The van der Waals surface area contributed by atoms with E-state index >= 15 is 0 Å². The third-order valence-electron chi connectivity index (χ3n) is 4.32. The zero-order chi connectivity index (χ0) is 15.2. The number of benzene rings is 1. The number of halogens is 3. The van der Waals surface area contributed by atoms with Crippen molar-refractivity contribution in [2.45, 2.75) is 6.18 Å². The van der Waals surface area contributed by atoms with Gasteiger partial charge in [-0.25, -0.2) is 0 Å². The molecule has 1 aromatic rings. The smallest absolute Gasteiger partial charge is 0.370 e. The lowest BCUT2D eigenvalue weighted by atomic mass is 10.0. The average Bonchev–Trinajstić information content (AvgIpc) is 2.97. The molecule has 3 N–H and O–H groups in total. The number of anilines is 1. The molecule has 3 rings (SSSR count). The maximum atomic E-state index is 12.8. The number of hydrogen-bond acceptors (Lipinski definition) is 3. The number of nitrogens with two attached hydrogens (primary N) is 1. The fourth-order valence-corrected chi connectivity index (χ4v) is 3.24. The number of fused-ring (bicyclic) bond motifs is 1. The van der Waals surface area contributed by atoms with E-state index in [-0.39, 0.29) is 5.56 Å². The molecule has 0 saturated carbocycles. The van der Waals surface area contributed by atoms with E-state index in [0.717, 1.165) is 38.3 Å². The minimum Gasteiger partial charge on any atom is -0.370 e. The summed E-state index contributed by atoms with van der Waals surface area (Å²) in [5.41, 5.74) is 4.87. The second-order valence-electron chi connectivity index (χ2n) is 5.68. The SMILES string of the molecule is NC(=O)c1cc(C(F)(F)F)ccc1N1CC2CNCC2C1. The van der Waals surface area contributed by atoms with Crippen LogP contribution in [0.15, 0.2) is 18.2 Å². The molecule has 2 atom stereocenters. The summed E-state index contributed by atoms with van der Waals surface area (Å²) < 4.78 is 38.3. The molecular formula is C14H16F3N3O. The maximum absolute atomic E-state index is 12.8. The van der Waals surface area contributed by atoms with Crippen molar-refractivity contribution in [1.82, 2.24) is 5.32 Å². The number of rotatable bonds is 2. The van der Waals surface area contributed by atoms with Crippen molar-refractivity contribution >= 4 is 11.6 Å². The Kier molecular flexibility index (Phi) is 3.32. The Morgan fingerprint density at radius 1 is 1.24 bits per heavy atom. The van der Waals surface area contributed by atoms with Crippen LogP contribution in [0.2, 0.25) is 0 Å². The van der Waals surface area contributed by atoms with Crippen molar-refractivity contribution < 1.29 is 18.0 Å². The summed E-state index contributed by atoms with van der Waals surface area (Å²) >= 11 is 0. The lowest BCUT2D eigenvalue weighted by Gasteiger charge is -2.23. The highest BCUT2D eigenvalue weighted by Crippen LogP contribution is 2.36. The minimum absolute atomic E-state index is 0.0576. The van der Waals surface area contributed by atoms with Crippen LogP contribution < -0.4 is 16.0 Å². The molecule has 1 amide bonds. The molecule has 1 aromatic carbocycles. The van der Waals surface area contributed by atoms with Gasteiger partial charge in [-0.2, -0.15) is 13.2 Å². The Hall–Kier alpha value is -1.76.